The normalized spacial score (nSPS) is 11.6. The van der Waals surface area contributed by atoms with Crippen LogP contribution in [0.25, 0.3) is 43.1 Å². The zero-order valence-electron chi connectivity index (χ0n) is 23.3. The molecule has 0 saturated carbocycles. The van der Waals surface area contributed by atoms with Gasteiger partial charge in [0.1, 0.15) is 0 Å². The smallest absolute Gasteiger partial charge is 0.0230 e. The predicted octanol–water partition coefficient (Wildman–Crippen LogP) is 11.3. The maximum absolute atomic E-state index is 2.46. The van der Waals surface area contributed by atoms with E-state index in [2.05, 4.69) is 134 Å². The van der Waals surface area contributed by atoms with E-state index in [1.54, 1.807) is 0 Å². The Morgan fingerprint density at radius 1 is 0.415 bits per heavy atom. The van der Waals surface area contributed by atoms with Crippen LogP contribution in [0.3, 0.4) is 0 Å². The number of benzene rings is 7. The lowest BCUT2D eigenvalue weighted by Crippen LogP contribution is -1.94. The minimum atomic E-state index is 1.05. The summed E-state index contributed by atoms with van der Waals surface area (Å²) in [5.41, 5.74) is 4.10. The number of hydrogen-bond acceptors (Lipinski definition) is 2. The molecule has 0 N–H and O–H groups in total. The fraction of sp³-hybridized carbons (Fsp3) is 0.128. The zero-order chi connectivity index (χ0) is 27.6. The van der Waals surface area contributed by atoms with E-state index >= 15 is 0 Å². The number of aryl methyl sites for hydroxylation is 3. The van der Waals surface area contributed by atoms with Crippen LogP contribution in [0.4, 0.5) is 0 Å². The Bertz CT molecular complexity index is 1990. The van der Waals surface area contributed by atoms with E-state index in [4.69, 9.17) is 0 Å². The molecule has 200 valence electrons. The second-order valence-electron chi connectivity index (χ2n) is 10.8. The maximum atomic E-state index is 2.46. The van der Waals surface area contributed by atoms with Gasteiger partial charge in [0, 0.05) is 21.3 Å². The lowest BCUT2D eigenvalue weighted by atomic mass is 9.96. The van der Waals surface area contributed by atoms with Crippen LogP contribution in [0.15, 0.2) is 137 Å². The minimum absolute atomic E-state index is 1.05. The van der Waals surface area contributed by atoms with Crippen LogP contribution in [0.5, 0.6) is 0 Å². The maximum Gasteiger partial charge on any atom is 0.0230 e. The molecule has 41 heavy (non-hydrogen) atoms. The van der Waals surface area contributed by atoms with E-state index in [0.717, 1.165) is 24.3 Å². The van der Waals surface area contributed by atoms with E-state index in [9.17, 15) is 0 Å². The van der Waals surface area contributed by atoms with Crippen LogP contribution in [-0.2, 0) is 12.8 Å². The summed E-state index contributed by atoms with van der Waals surface area (Å²) in [5, 5.41) is 10.8. The van der Waals surface area contributed by atoms with E-state index in [1.165, 1.54) is 69.6 Å². The van der Waals surface area contributed by atoms with Crippen molar-refractivity contribution in [2.45, 2.75) is 29.6 Å². The molecule has 0 amide bonds. The zero-order valence-corrected chi connectivity index (χ0v) is 24.9. The monoisotopic (exact) mass is 564 g/mol. The van der Waals surface area contributed by atoms with E-state index in [0.29, 0.717) is 0 Å². The summed E-state index contributed by atoms with van der Waals surface area (Å²) in [4.78, 5) is 2.82. The molecule has 0 fully saturated rings. The summed E-state index contributed by atoms with van der Waals surface area (Å²) in [7, 11) is 0. The second-order valence-corrected chi connectivity index (χ2v) is 13.0. The van der Waals surface area contributed by atoms with Crippen molar-refractivity contribution in [1.82, 2.24) is 0 Å². The summed E-state index contributed by atoms with van der Waals surface area (Å²) >= 11 is 4.03. The predicted molar refractivity (Wildman–Crippen MR) is 183 cm³/mol. The van der Waals surface area contributed by atoms with Crippen LogP contribution >= 0.6 is 23.5 Å². The number of hydrogen-bond donors (Lipinski definition) is 0. The molecule has 0 aliphatic carbocycles. The first-order valence-corrected chi connectivity index (χ1v) is 16.4. The van der Waals surface area contributed by atoms with Crippen molar-refractivity contribution >= 4 is 66.6 Å². The van der Waals surface area contributed by atoms with Gasteiger partial charge in [-0.2, -0.15) is 0 Å². The third-order valence-corrected chi connectivity index (χ3v) is 10.2. The van der Waals surface area contributed by atoms with Crippen molar-refractivity contribution in [1.29, 1.82) is 0 Å². The highest BCUT2D eigenvalue weighted by molar-refractivity contribution is 8.00. The van der Waals surface area contributed by atoms with Gasteiger partial charge in [-0.25, -0.2) is 0 Å². The third-order valence-electron chi connectivity index (χ3n) is 7.96. The van der Waals surface area contributed by atoms with Crippen LogP contribution in [-0.4, -0.2) is 11.5 Å². The first-order valence-electron chi connectivity index (χ1n) is 14.4. The fourth-order valence-corrected chi connectivity index (χ4v) is 8.22. The Morgan fingerprint density at radius 3 is 1.32 bits per heavy atom. The molecule has 0 atom stereocenters. The summed E-state index contributed by atoms with van der Waals surface area (Å²) < 4.78 is 0. The molecule has 0 aromatic heterocycles. The van der Waals surface area contributed by atoms with Gasteiger partial charge in [-0.05, 0) is 98.2 Å². The first-order chi connectivity index (χ1) is 20.2. The molecule has 0 nitrogen and oxygen atoms in total. The van der Waals surface area contributed by atoms with Gasteiger partial charge in [0.2, 0.25) is 0 Å². The van der Waals surface area contributed by atoms with E-state index in [1.807, 2.05) is 23.5 Å². The van der Waals surface area contributed by atoms with Gasteiger partial charge >= 0.3 is 0 Å². The SMILES string of the molecule is Cc1ccc2cc3c(SCCc4ccccc4)c4cc5ccccc5cc4c(SCCc4ccccc4)c3cc2c1. The molecular weight excluding hydrogens is 533 g/mol. The van der Waals surface area contributed by atoms with Crippen molar-refractivity contribution in [3.63, 3.8) is 0 Å². The molecule has 0 unspecified atom stereocenters. The molecule has 0 radical (unpaired) electrons. The fourth-order valence-electron chi connectivity index (χ4n) is 5.84. The highest BCUT2D eigenvalue weighted by atomic mass is 32.2. The Labute approximate surface area is 250 Å². The summed E-state index contributed by atoms with van der Waals surface area (Å²) in [6.07, 6.45) is 2.12. The van der Waals surface area contributed by atoms with Crippen LogP contribution in [0.1, 0.15) is 16.7 Å². The summed E-state index contributed by atoms with van der Waals surface area (Å²) in [6.45, 7) is 2.19. The average molecular weight is 565 g/mol. The molecule has 0 saturated heterocycles. The van der Waals surface area contributed by atoms with Gasteiger partial charge in [-0.15, -0.1) is 23.5 Å². The van der Waals surface area contributed by atoms with Crippen molar-refractivity contribution in [2.24, 2.45) is 0 Å². The van der Waals surface area contributed by atoms with E-state index < -0.39 is 0 Å². The number of rotatable bonds is 8. The van der Waals surface area contributed by atoms with Gasteiger partial charge < -0.3 is 0 Å². The average Bonchev–Trinajstić information content (AvgIpc) is 3.01. The summed E-state index contributed by atoms with van der Waals surface area (Å²) in [5.74, 6) is 2.10. The lowest BCUT2D eigenvalue weighted by molar-refractivity contribution is 1.16. The topological polar surface area (TPSA) is 0 Å². The molecule has 7 rings (SSSR count). The highest BCUT2D eigenvalue weighted by Crippen LogP contribution is 2.45. The van der Waals surface area contributed by atoms with Crippen molar-refractivity contribution < 1.29 is 0 Å². The van der Waals surface area contributed by atoms with Crippen LogP contribution < -0.4 is 0 Å². The Hall–Kier alpha value is -3.72. The Morgan fingerprint density at radius 2 is 0.829 bits per heavy atom. The largest absolute Gasteiger partial charge is 0.125 e. The van der Waals surface area contributed by atoms with Gasteiger partial charge in [0.15, 0.2) is 0 Å². The number of thioether (sulfide) groups is 2. The molecular formula is C39H32S2. The van der Waals surface area contributed by atoms with Gasteiger partial charge in [0.05, 0.1) is 0 Å². The molecule has 0 heterocycles. The Kier molecular flexibility index (Phi) is 7.44. The highest BCUT2D eigenvalue weighted by Gasteiger charge is 2.17. The lowest BCUT2D eigenvalue weighted by Gasteiger charge is -2.18. The molecule has 0 aliphatic heterocycles. The Balaban J connectivity index is 1.42. The summed E-state index contributed by atoms with van der Waals surface area (Å²) in [6, 6.07) is 47.2. The minimum Gasteiger partial charge on any atom is -0.125 e. The third kappa shape index (κ3) is 5.47. The van der Waals surface area contributed by atoms with Gasteiger partial charge in [-0.3, -0.25) is 0 Å². The van der Waals surface area contributed by atoms with E-state index in [-0.39, 0.29) is 0 Å². The van der Waals surface area contributed by atoms with Crippen molar-refractivity contribution in [3.05, 3.63) is 144 Å². The molecule has 7 aromatic rings. The number of fused-ring (bicyclic) bond motifs is 4. The molecule has 7 aromatic carbocycles. The molecule has 2 heteroatoms. The van der Waals surface area contributed by atoms with Crippen molar-refractivity contribution in [3.8, 4) is 0 Å². The molecule has 0 bridgehead atoms. The molecule has 0 spiro atoms. The van der Waals surface area contributed by atoms with Crippen molar-refractivity contribution in [2.75, 3.05) is 11.5 Å². The van der Waals surface area contributed by atoms with Gasteiger partial charge in [0.25, 0.3) is 0 Å². The second kappa shape index (κ2) is 11.6. The first kappa shape index (κ1) is 26.2. The van der Waals surface area contributed by atoms with Gasteiger partial charge in [-0.1, -0.05) is 109 Å². The quantitative estimate of drug-likeness (QED) is 0.133. The standard InChI is InChI=1S/C39H32S2/c1-27-16-17-32-25-36-37(26-33(32)22-27)39(41-21-19-29-12-6-3-7-13-29)35-24-31-15-9-8-14-30(31)23-34(35)38(36)40-20-18-28-10-4-2-5-11-28/h2-17,22-26H,18-21H2,1H3. The van der Waals surface area contributed by atoms with Crippen LogP contribution in [0, 0.1) is 6.92 Å². The molecule has 0 aliphatic rings. The van der Waals surface area contributed by atoms with Crippen LogP contribution in [0.2, 0.25) is 0 Å².